The highest BCUT2D eigenvalue weighted by atomic mass is 127. The zero-order valence-corrected chi connectivity index (χ0v) is 8.81. The average molecular weight is 302 g/mol. The maximum Gasteiger partial charge on any atom is 0.419 e. The number of halogens is 4. The van der Waals surface area contributed by atoms with Crippen LogP contribution >= 0.6 is 22.6 Å². The molecular formula is C8H6F3IO. The summed E-state index contributed by atoms with van der Waals surface area (Å²) >= 11 is 1.93. The third kappa shape index (κ3) is 2.49. The molecule has 0 saturated carbocycles. The van der Waals surface area contributed by atoms with Gasteiger partial charge in [-0.3, -0.25) is 0 Å². The zero-order valence-electron chi connectivity index (χ0n) is 6.65. The second kappa shape index (κ2) is 3.73. The second-order valence-electron chi connectivity index (χ2n) is 2.34. The SMILES string of the molecule is COc1cc(I)ccc1C(F)(F)F. The molecule has 72 valence electrons. The van der Waals surface area contributed by atoms with Crippen molar-refractivity contribution < 1.29 is 17.9 Å². The molecule has 0 bridgehead atoms. The highest BCUT2D eigenvalue weighted by Gasteiger charge is 2.34. The number of alkyl halides is 3. The minimum atomic E-state index is -4.35. The predicted octanol–water partition coefficient (Wildman–Crippen LogP) is 3.32. The average Bonchev–Trinajstić information content (AvgIpc) is 2.01. The Bertz CT molecular complexity index is 309. The van der Waals surface area contributed by atoms with Gasteiger partial charge in [0.1, 0.15) is 5.75 Å². The molecule has 5 heteroatoms. The standard InChI is InChI=1S/C8H6F3IO/c1-13-7-4-5(12)2-3-6(7)8(9,10)11/h2-4H,1H3. The highest BCUT2D eigenvalue weighted by molar-refractivity contribution is 14.1. The summed E-state index contributed by atoms with van der Waals surface area (Å²) in [6.07, 6.45) is -4.35. The maximum atomic E-state index is 12.3. The van der Waals surface area contributed by atoms with Crippen molar-refractivity contribution in [3.05, 3.63) is 27.3 Å². The monoisotopic (exact) mass is 302 g/mol. The minimum Gasteiger partial charge on any atom is -0.496 e. The molecule has 0 saturated heterocycles. The maximum absolute atomic E-state index is 12.3. The van der Waals surface area contributed by atoms with Gasteiger partial charge in [0.2, 0.25) is 0 Å². The molecule has 1 aromatic rings. The first-order valence-electron chi connectivity index (χ1n) is 3.36. The fourth-order valence-electron chi connectivity index (χ4n) is 0.899. The van der Waals surface area contributed by atoms with E-state index in [-0.39, 0.29) is 5.75 Å². The van der Waals surface area contributed by atoms with Crippen molar-refractivity contribution in [1.29, 1.82) is 0 Å². The van der Waals surface area contributed by atoms with Crippen LogP contribution in [0.2, 0.25) is 0 Å². The van der Waals surface area contributed by atoms with Crippen LogP contribution in [-0.2, 0) is 6.18 Å². The van der Waals surface area contributed by atoms with Crippen LogP contribution in [0.1, 0.15) is 5.56 Å². The normalized spacial score (nSPS) is 11.5. The van der Waals surface area contributed by atoms with E-state index >= 15 is 0 Å². The minimum absolute atomic E-state index is 0.139. The molecule has 1 aromatic carbocycles. The summed E-state index contributed by atoms with van der Waals surface area (Å²) in [4.78, 5) is 0. The molecule has 0 aliphatic rings. The molecule has 0 unspecified atom stereocenters. The summed E-state index contributed by atoms with van der Waals surface area (Å²) in [5.41, 5.74) is -0.740. The predicted molar refractivity (Wildman–Crippen MR) is 50.7 cm³/mol. The Morgan fingerprint density at radius 2 is 1.92 bits per heavy atom. The van der Waals surface area contributed by atoms with Gasteiger partial charge in [-0.05, 0) is 40.8 Å². The lowest BCUT2D eigenvalue weighted by atomic mass is 10.2. The lowest BCUT2D eigenvalue weighted by Crippen LogP contribution is -2.07. The summed E-state index contributed by atoms with van der Waals surface area (Å²) in [6.45, 7) is 0. The summed E-state index contributed by atoms with van der Waals surface area (Å²) in [6, 6.07) is 3.76. The van der Waals surface area contributed by atoms with E-state index in [4.69, 9.17) is 0 Å². The molecule has 0 aromatic heterocycles. The Kier molecular flexibility index (Phi) is 3.05. The second-order valence-corrected chi connectivity index (χ2v) is 3.59. The fraction of sp³-hybridized carbons (Fsp3) is 0.250. The van der Waals surface area contributed by atoms with E-state index < -0.39 is 11.7 Å². The molecule has 0 radical (unpaired) electrons. The van der Waals surface area contributed by atoms with Gasteiger partial charge in [-0.25, -0.2) is 0 Å². The summed E-state index contributed by atoms with van der Waals surface area (Å²) in [7, 11) is 1.22. The first-order chi connectivity index (χ1) is 5.95. The smallest absolute Gasteiger partial charge is 0.419 e. The molecule has 1 rings (SSSR count). The molecule has 13 heavy (non-hydrogen) atoms. The highest BCUT2D eigenvalue weighted by Crippen LogP contribution is 2.36. The van der Waals surface area contributed by atoms with Crippen LogP contribution in [0.25, 0.3) is 0 Å². The van der Waals surface area contributed by atoms with Gasteiger partial charge in [-0.15, -0.1) is 0 Å². The molecule has 0 spiro atoms. The molecule has 0 amide bonds. The quantitative estimate of drug-likeness (QED) is 0.723. The van der Waals surface area contributed by atoms with Crippen molar-refractivity contribution in [3.63, 3.8) is 0 Å². The van der Waals surface area contributed by atoms with Gasteiger partial charge < -0.3 is 4.74 Å². The van der Waals surface area contributed by atoms with Gasteiger partial charge in [-0.2, -0.15) is 13.2 Å². The van der Waals surface area contributed by atoms with Crippen LogP contribution in [0.3, 0.4) is 0 Å². The topological polar surface area (TPSA) is 9.23 Å². The molecule has 1 nitrogen and oxygen atoms in total. The zero-order chi connectivity index (χ0) is 10.1. The van der Waals surface area contributed by atoms with Crippen LogP contribution in [0.5, 0.6) is 5.75 Å². The van der Waals surface area contributed by atoms with Gasteiger partial charge in [0, 0.05) is 3.57 Å². The van der Waals surface area contributed by atoms with Gasteiger partial charge in [0.05, 0.1) is 12.7 Å². The van der Waals surface area contributed by atoms with Crippen LogP contribution in [0.15, 0.2) is 18.2 Å². The summed E-state index contributed by atoms with van der Waals surface area (Å²) < 4.78 is 42.2. The largest absolute Gasteiger partial charge is 0.496 e. The van der Waals surface area contributed by atoms with Crippen molar-refractivity contribution in [3.8, 4) is 5.75 Å². The lowest BCUT2D eigenvalue weighted by Gasteiger charge is -2.11. The molecular weight excluding hydrogens is 296 g/mol. The number of hydrogen-bond donors (Lipinski definition) is 0. The number of hydrogen-bond acceptors (Lipinski definition) is 1. The van der Waals surface area contributed by atoms with Crippen LogP contribution in [0, 0.1) is 3.57 Å². The van der Waals surface area contributed by atoms with Crippen LogP contribution in [0.4, 0.5) is 13.2 Å². The van der Waals surface area contributed by atoms with Gasteiger partial charge in [0.25, 0.3) is 0 Å². The van der Waals surface area contributed by atoms with Crippen molar-refractivity contribution in [2.75, 3.05) is 7.11 Å². The Balaban J connectivity index is 3.22. The first kappa shape index (κ1) is 10.6. The Morgan fingerprint density at radius 3 is 2.38 bits per heavy atom. The van der Waals surface area contributed by atoms with Gasteiger partial charge in [-0.1, -0.05) is 0 Å². The van der Waals surface area contributed by atoms with Crippen molar-refractivity contribution in [2.45, 2.75) is 6.18 Å². The fourth-order valence-corrected chi connectivity index (χ4v) is 1.36. The van der Waals surface area contributed by atoms with Crippen LogP contribution < -0.4 is 4.74 Å². The first-order valence-corrected chi connectivity index (χ1v) is 4.44. The third-order valence-corrected chi connectivity index (χ3v) is 2.14. The molecule has 0 heterocycles. The molecule has 0 aliphatic carbocycles. The van der Waals surface area contributed by atoms with E-state index in [0.717, 1.165) is 6.07 Å². The molecule has 0 fully saturated rings. The summed E-state index contributed by atoms with van der Waals surface area (Å²) in [5.74, 6) is -0.139. The van der Waals surface area contributed by atoms with E-state index in [0.29, 0.717) is 3.57 Å². The molecule has 0 N–H and O–H groups in total. The number of methoxy groups -OCH3 is 1. The summed E-state index contributed by atoms with van der Waals surface area (Å²) in [5, 5.41) is 0. The van der Waals surface area contributed by atoms with Gasteiger partial charge >= 0.3 is 6.18 Å². The Labute approximate surface area is 87.0 Å². The third-order valence-electron chi connectivity index (χ3n) is 1.47. The number of benzene rings is 1. The van der Waals surface area contributed by atoms with Crippen molar-refractivity contribution in [2.24, 2.45) is 0 Å². The number of ether oxygens (including phenoxy) is 1. The van der Waals surface area contributed by atoms with Crippen molar-refractivity contribution >= 4 is 22.6 Å². The molecule has 0 aliphatic heterocycles. The Morgan fingerprint density at radius 1 is 1.31 bits per heavy atom. The molecule has 0 atom stereocenters. The van der Waals surface area contributed by atoms with E-state index in [9.17, 15) is 13.2 Å². The van der Waals surface area contributed by atoms with E-state index in [2.05, 4.69) is 4.74 Å². The van der Waals surface area contributed by atoms with E-state index in [1.165, 1.54) is 19.2 Å². The van der Waals surface area contributed by atoms with Crippen molar-refractivity contribution in [1.82, 2.24) is 0 Å². The van der Waals surface area contributed by atoms with E-state index in [1.807, 2.05) is 22.6 Å². The lowest BCUT2D eigenvalue weighted by molar-refractivity contribution is -0.138. The van der Waals surface area contributed by atoms with Gasteiger partial charge in [0.15, 0.2) is 0 Å². The Hall–Kier alpha value is -0.460. The number of rotatable bonds is 1. The van der Waals surface area contributed by atoms with E-state index in [1.54, 1.807) is 0 Å². The van der Waals surface area contributed by atoms with Crippen LogP contribution in [-0.4, -0.2) is 7.11 Å².